The summed E-state index contributed by atoms with van der Waals surface area (Å²) in [5, 5.41) is 9.09. The molecule has 4 nitrogen and oxygen atoms in total. The van der Waals surface area contributed by atoms with E-state index in [0.29, 0.717) is 0 Å². The highest BCUT2D eigenvalue weighted by Crippen LogP contribution is 2.26. The maximum absolute atomic E-state index is 13.6. The first-order valence-electron chi connectivity index (χ1n) is 6.89. The van der Waals surface area contributed by atoms with Gasteiger partial charge in [0.1, 0.15) is 23.2 Å². The summed E-state index contributed by atoms with van der Waals surface area (Å²) >= 11 is 0. The van der Waals surface area contributed by atoms with Crippen LogP contribution in [0.5, 0.6) is 5.75 Å². The van der Waals surface area contributed by atoms with Crippen molar-refractivity contribution in [3.8, 4) is 5.75 Å². The Balaban J connectivity index is 2.17. The van der Waals surface area contributed by atoms with E-state index in [2.05, 4.69) is 4.90 Å². The van der Waals surface area contributed by atoms with Gasteiger partial charge >= 0.3 is 5.97 Å². The molecule has 1 aliphatic rings. The number of rotatable bonds is 4. The number of likely N-dealkylation sites (tertiary alicyclic amines) is 1. The first-order valence-corrected chi connectivity index (χ1v) is 6.89. The molecule has 0 aliphatic carbocycles. The van der Waals surface area contributed by atoms with Crippen molar-refractivity contribution >= 4 is 5.97 Å². The predicted octanol–water partition coefficient (Wildman–Crippen LogP) is 2.78. The molecule has 20 heavy (non-hydrogen) atoms. The number of hydrogen-bond acceptors (Lipinski definition) is 3. The number of ether oxygens (including phenoxy) is 1. The molecule has 1 aromatic rings. The van der Waals surface area contributed by atoms with Crippen LogP contribution in [0.15, 0.2) is 18.2 Å². The van der Waals surface area contributed by atoms with Crippen LogP contribution in [0.25, 0.3) is 0 Å². The molecule has 1 fully saturated rings. The number of carbonyl (C=O) groups is 1. The number of piperidine rings is 1. The number of halogens is 1. The third kappa shape index (κ3) is 3.10. The number of benzene rings is 1. The Morgan fingerprint density at radius 1 is 1.50 bits per heavy atom. The number of carboxylic acid groups (broad SMARTS) is 1. The maximum Gasteiger partial charge on any atom is 0.342 e. The van der Waals surface area contributed by atoms with E-state index in [1.165, 1.54) is 18.6 Å². The zero-order chi connectivity index (χ0) is 14.7. The van der Waals surface area contributed by atoms with Gasteiger partial charge in [-0.25, -0.2) is 9.18 Å². The molecule has 0 bridgehead atoms. The first-order chi connectivity index (χ1) is 9.50. The first kappa shape index (κ1) is 14.8. The van der Waals surface area contributed by atoms with Gasteiger partial charge in [0, 0.05) is 6.04 Å². The van der Waals surface area contributed by atoms with E-state index in [1.54, 1.807) is 0 Å². The zero-order valence-electron chi connectivity index (χ0n) is 11.8. The summed E-state index contributed by atoms with van der Waals surface area (Å²) in [6.45, 7) is 2.91. The normalized spacial score (nSPS) is 21.4. The quantitative estimate of drug-likeness (QED) is 0.922. The molecular formula is C15H20FNO3. The van der Waals surface area contributed by atoms with Gasteiger partial charge in [-0.3, -0.25) is 4.90 Å². The van der Waals surface area contributed by atoms with Crippen molar-refractivity contribution in [2.24, 2.45) is 0 Å². The molecule has 1 saturated heterocycles. The van der Waals surface area contributed by atoms with Crippen LogP contribution >= 0.6 is 0 Å². The molecule has 2 unspecified atom stereocenters. The lowest BCUT2D eigenvalue weighted by Crippen LogP contribution is -2.45. The lowest BCUT2D eigenvalue weighted by Gasteiger charge is -2.36. The average molecular weight is 281 g/mol. The summed E-state index contributed by atoms with van der Waals surface area (Å²) in [6, 6.07) is 4.34. The Kier molecular flexibility index (Phi) is 4.60. The number of nitrogens with zero attached hydrogens (tertiary/aromatic N) is 1. The number of likely N-dealkylation sites (N-methyl/N-ethyl adjacent to an activating group) is 1. The third-order valence-corrected chi connectivity index (χ3v) is 3.87. The van der Waals surface area contributed by atoms with E-state index in [-0.39, 0.29) is 17.9 Å². The second-order valence-electron chi connectivity index (χ2n) is 5.28. The average Bonchev–Trinajstić information content (AvgIpc) is 2.38. The Morgan fingerprint density at radius 2 is 2.25 bits per heavy atom. The monoisotopic (exact) mass is 281 g/mol. The van der Waals surface area contributed by atoms with Gasteiger partial charge in [0.05, 0.1) is 0 Å². The Hall–Kier alpha value is -1.62. The summed E-state index contributed by atoms with van der Waals surface area (Å²) in [4.78, 5) is 13.4. The van der Waals surface area contributed by atoms with Crippen molar-refractivity contribution in [2.45, 2.75) is 38.3 Å². The van der Waals surface area contributed by atoms with Gasteiger partial charge in [0.25, 0.3) is 0 Å². The standard InChI is InChI=1S/C15H20FNO3/c1-10(12-7-3-4-9-17(12)2)20-13-8-5-6-11(16)14(13)15(18)19/h5-6,8,10,12H,3-4,7,9H2,1-2H3,(H,18,19). The molecule has 110 valence electrons. The molecular weight excluding hydrogens is 261 g/mol. The summed E-state index contributed by atoms with van der Waals surface area (Å²) < 4.78 is 19.3. The third-order valence-electron chi connectivity index (χ3n) is 3.87. The highest BCUT2D eigenvalue weighted by Gasteiger charge is 2.27. The zero-order valence-corrected chi connectivity index (χ0v) is 11.8. The Labute approximate surface area is 118 Å². The number of aromatic carboxylic acids is 1. The van der Waals surface area contributed by atoms with E-state index in [0.717, 1.165) is 25.5 Å². The smallest absolute Gasteiger partial charge is 0.342 e. The fourth-order valence-corrected chi connectivity index (χ4v) is 2.78. The SMILES string of the molecule is CC(Oc1cccc(F)c1C(=O)O)C1CCCCN1C. The Morgan fingerprint density at radius 3 is 2.90 bits per heavy atom. The van der Waals surface area contributed by atoms with Crippen LogP contribution in [-0.2, 0) is 0 Å². The summed E-state index contributed by atoms with van der Waals surface area (Å²) in [5.41, 5.74) is -0.391. The van der Waals surface area contributed by atoms with Crippen molar-refractivity contribution < 1.29 is 19.0 Å². The molecule has 5 heteroatoms. The van der Waals surface area contributed by atoms with Crippen molar-refractivity contribution in [3.05, 3.63) is 29.6 Å². The summed E-state index contributed by atoms with van der Waals surface area (Å²) in [7, 11) is 2.04. The minimum Gasteiger partial charge on any atom is -0.488 e. The van der Waals surface area contributed by atoms with E-state index >= 15 is 0 Å². The van der Waals surface area contributed by atoms with Crippen LogP contribution in [0.2, 0.25) is 0 Å². The van der Waals surface area contributed by atoms with Crippen LogP contribution in [0.4, 0.5) is 4.39 Å². The minimum atomic E-state index is -1.30. The molecule has 0 saturated carbocycles. The molecule has 1 N–H and O–H groups in total. The molecule has 2 atom stereocenters. The van der Waals surface area contributed by atoms with Crippen LogP contribution in [0.3, 0.4) is 0 Å². The van der Waals surface area contributed by atoms with Gasteiger partial charge in [-0.1, -0.05) is 12.5 Å². The molecule has 2 rings (SSSR count). The van der Waals surface area contributed by atoms with Crippen LogP contribution in [0.1, 0.15) is 36.5 Å². The molecule has 0 amide bonds. The van der Waals surface area contributed by atoms with Gasteiger partial charge in [0.15, 0.2) is 0 Å². The van der Waals surface area contributed by atoms with Gasteiger partial charge in [-0.15, -0.1) is 0 Å². The summed E-state index contributed by atoms with van der Waals surface area (Å²) in [6.07, 6.45) is 3.13. The summed E-state index contributed by atoms with van der Waals surface area (Å²) in [5.74, 6) is -1.97. The fraction of sp³-hybridized carbons (Fsp3) is 0.533. The number of carboxylic acids is 1. The van der Waals surface area contributed by atoms with Crippen molar-refractivity contribution in [1.82, 2.24) is 4.90 Å². The van der Waals surface area contributed by atoms with Gasteiger partial charge < -0.3 is 9.84 Å². The van der Waals surface area contributed by atoms with E-state index in [9.17, 15) is 9.18 Å². The topological polar surface area (TPSA) is 49.8 Å². The largest absolute Gasteiger partial charge is 0.488 e. The van der Waals surface area contributed by atoms with Crippen LogP contribution < -0.4 is 4.74 Å². The molecule has 1 aliphatic heterocycles. The van der Waals surface area contributed by atoms with E-state index in [1.807, 2.05) is 14.0 Å². The van der Waals surface area contributed by atoms with Gasteiger partial charge in [-0.2, -0.15) is 0 Å². The van der Waals surface area contributed by atoms with Crippen molar-refractivity contribution in [2.75, 3.05) is 13.6 Å². The highest BCUT2D eigenvalue weighted by molar-refractivity contribution is 5.91. The molecule has 0 radical (unpaired) electrons. The van der Waals surface area contributed by atoms with Gasteiger partial charge in [0.2, 0.25) is 0 Å². The molecule has 0 aromatic heterocycles. The van der Waals surface area contributed by atoms with Crippen molar-refractivity contribution in [1.29, 1.82) is 0 Å². The van der Waals surface area contributed by atoms with E-state index in [4.69, 9.17) is 9.84 Å². The maximum atomic E-state index is 13.6. The van der Waals surface area contributed by atoms with E-state index < -0.39 is 17.3 Å². The lowest BCUT2D eigenvalue weighted by molar-refractivity contribution is 0.0613. The predicted molar refractivity (Wildman–Crippen MR) is 73.7 cm³/mol. The second-order valence-corrected chi connectivity index (χ2v) is 5.28. The van der Waals surface area contributed by atoms with Crippen LogP contribution in [0, 0.1) is 5.82 Å². The van der Waals surface area contributed by atoms with Crippen LogP contribution in [-0.4, -0.2) is 41.7 Å². The molecule has 0 spiro atoms. The number of hydrogen-bond donors (Lipinski definition) is 1. The lowest BCUT2D eigenvalue weighted by atomic mass is 9.99. The fourth-order valence-electron chi connectivity index (χ4n) is 2.78. The molecule has 1 heterocycles. The highest BCUT2D eigenvalue weighted by atomic mass is 19.1. The second kappa shape index (κ2) is 6.22. The Bertz CT molecular complexity index is 492. The van der Waals surface area contributed by atoms with Gasteiger partial charge in [-0.05, 0) is 45.5 Å². The molecule has 1 aromatic carbocycles. The minimum absolute atomic E-state index is 0.101. The van der Waals surface area contributed by atoms with Crippen molar-refractivity contribution in [3.63, 3.8) is 0 Å².